The maximum atomic E-state index is 13.6. The molecule has 5 rings (SSSR count). The smallest absolute Gasteiger partial charge is 0.267 e. The van der Waals surface area contributed by atoms with Gasteiger partial charge in [0.05, 0.1) is 23.7 Å². The average Bonchev–Trinajstić information content (AvgIpc) is 3.27. The Kier molecular flexibility index (Phi) is 5.90. The van der Waals surface area contributed by atoms with E-state index in [1.165, 1.54) is 11.8 Å². The zero-order valence-corrected chi connectivity index (χ0v) is 20.7. The van der Waals surface area contributed by atoms with E-state index in [1.54, 1.807) is 24.7 Å². The van der Waals surface area contributed by atoms with Gasteiger partial charge in [0.2, 0.25) is 5.78 Å². The van der Waals surface area contributed by atoms with Gasteiger partial charge >= 0.3 is 0 Å². The van der Waals surface area contributed by atoms with Crippen molar-refractivity contribution in [3.63, 3.8) is 0 Å². The lowest BCUT2D eigenvalue weighted by molar-refractivity contribution is 0.101. The maximum Gasteiger partial charge on any atom is 0.267 e. The molecule has 7 nitrogen and oxygen atoms in total. The number of methoxy groups -OCH3 is 1. The molecular weight excluding hydrogens is 460 g/mol. The molecule has 0 saturated carbocycles. The average molecular weight is 485 g/mol. The van der Waals surface area contributed by atoms with Gasteiger partial charge in [-0.3, -0.25) is 14.0 Å². The van der Waals surface area contributed by atoms with Crippen molar-refractivity contribution in [2.24, 2.45) is 0 Å². The second-order valence-electron chi connectivity index (χ2n) is 8.44. The standard InChI is InChI=1S/C27H24N4O3S/c1-16-9-11-22(17(2)13-16)30-25(33)21-7-5-6-8-23(21)31-26(30)28-29-27(31)35-15-20-14-19(18(3)32)10-12-24(20)34-4/h5-14H,15H2,1-4H3. The van der Waals surface area contributed by atoms with Crippen LogP contribution in [0.1, 0.15) is 34.0 Å². The van der Waals surface area contributed by atoms with Crippen LogP contribution < -0.4 is 10.3 Å². The zero-order valence-electron chi connectivity index (χ0n) is 19.9. The Labute approximate surface area is 206 Å². The molecule has 0 unspecified atom stereocenters. The van der Waals surface area contributed by atoms with Gasteiger partial charge in [-0.05, 0) is 62.7 Å². The number of fused-ring (bicyclic) bond motifs is 3. The van der Waals surface area contributed by atoms with Crippen molar-refractivity contribution in [3.05, 3.63) is 93.3 Å². The van der Waals surface area contributed by atoms with Crippen LogP contribution in [0, 0.1) is 13.8 Å². The number of ketones is 1. The van der Waals surface area contributed by atoms with Crippen molar-refractivity contribution in [1.29, 1.82) is 0 Å². The molecule has 0 aliphatic heterocycles. The molecular formula is C27H24N4O3S. The number of Topliss-reactive ketones (excluding diaryl/α,β-unsaturated/α-hetero) is 1. The molecule has 5 aromatic rings. The van der Waals surface area contributed by atoms with Gasteiger partial charge in [-0.25, -0.2) is 4.57 Å². The number of benzene rings is 3. The van der Waals surface area contributed by atoms with E-state index in [2.05, 4.69) is 10.2 Å². The number of rotatable bonds is 6. The topological polar surface area (TPSA) is 78.5 Å². The number of para-hydroxylation sites is 1. The van der Waals surface area contributed by atoms with Crippen LogP contribution in [0.3, 0.4) is 0 Å². The van der Waals surface area contributed by atoms with Gasteiger partial charge in [0.15, 0.2) is 10.9 Å². The van der Waals surface area contributed by atoms with Crippen molar-refractivity contribution < 1.29 is 9.53 Å². The molecule has 0 fully saturated rings. The maximum absolute atomic E-state index is 13.6. The molecule has 2 aromatic heterocycles. The van der Waals surface area contributed by atoms with Gasteiger partial charge in [-0.2, -0.15) is 0 Å². The van der Waals surface area contributed by atoms with Gasteiger partial charge in [0, 0.05) is 16.9 Å². The number of nitrogens with zero attached hydrogens (tertiary/aromatic N) is 4. The minimum Gasteiger partial charge on any atom is -0.496 e. The predicted molar refractivity (Wildman–Crippen MR) is 138 cm³/mol. The van der Waals surface area contributed by atoms with E-state index in [9.17, 15) is 9.59 Å². The highest BCUT2D eigenvalue weighted by atomic mass is 32.2. The Bertz CT molecular complexity index is 1670. The molecule has 0 N–H and O–H groups in total. The van der Waals surface area contributed by atoms with Gasteiger partial charge in [-0.15, -0.1) is 10.2 Å². The Hall–Kier alpha value is -3.91. The lowest BCUT2D eigenvalue weighted by atomic mass is 10.1. The van der Waals surface area contributed by atoms with E-state index >= 15 is 0 Å². The summed E-state index contributed by atoms with van der Waals surface area (Å²) in [6.07, 6.45) is 0. The van der Waals surface area contributed by atoms with E-state index in [0.717, 1.165) is 27.9 Å². The minimum absolute atomic E-state index is 0.00434. The summed E-state index contributed by atoms with van der Waals surface area (Å²) in [6, 6.07) is 18.9. The van der Waals surface area contributed by atoms with Crippen LogP contribution in [0.5, 0.6) is 5.75 Å². The summed E-state index contributed by atoms with van der Waals surface area (Å²) in [7, 11) is 1.61. The number of aryl methyl sites for hydroxylation is 2. The van der Waals surface area contributed by atoms with Crippen LogP contribution in [0.4, 0.5) is 0 Å². The normalized spacial score (nSPS) is 11.3. The molecule has 35 heavy (non-hydrogen) atoms. The quantitative estimate of drug-likeness (QED) is 0.245. The molecule has 0 spiro atoms. The number of carbonyl (C=O) groups is 1. The highest BCUT2D eigenvalue weighted by Crippen LogP contribution is 2.30. The number of ether oxygens (including phenoxy) is 1. The van der Waals surface area contributed by atoms with Crippen LogP contribution in [-0.4, -0.2) is 32.1 Å². The molecule has 0 saturated heterocycles. The summed E-state index contributed by atoms with van der Waals surface area (Å²) in [5.74, 6) is 1.67. The third-order valence-electron chi connectivity index (χ3n) is 6.03. The van der Waals surface area contributed by atoms with Crippen molar-refractivity contribution in [2.45, 2.75) is 31.7 Å². The summed E-state index contributed by atoms with van der Waals surface area (Å²) in [6.45, 7) is 5.56. The third kappa shape index (κ3) is 4.00. The summed E-state index contributed by atoms with van der Waals surface area (Å²) in [5.41, 5.74) is 4.99. The first kappa shape index (κ1) is 22.9. The van der Waals surface area contributed by atoms with E-state index < -0.39 is 0 Å². The second-order valence-corrected chi connectivity index (χ2v) is 9.38. The van der Waals surface area contributed by atoms with Crippen LogP contribution in [0.2, 0.25) is 0 Å². The zero-order chi connectivity index (χ0) is 24.7. The summed E-state index contributed by atoms with van der Waals surface area (Å²) in [4.78, 5) is 25.5. The van der Waals surface area contributed by atoms with Crippen LogP contribution in [0.15, 0.2) is 70.6 Å². The lowest BCUT2D eigenvalue weighted by Gasteiger charge is -2.14. The predicted octanol–water partition coefficient (Wildman–Crippen LogP) is 5.15. The monoisotopic (exact) mass is 484 g/mol. The number of carbonyl (C=O) groups excluding carboxylic acids is 1. The molecule has 0 radical (unpaired) electrons. The van der Waals surface area contributed by atoms with E-state index in [0.29, 0.717) is 33.4 Å². The van der Waals surface area contributed by atoms with Crippen LogP contribution >= 0.6 is 11.8 Å². The summed E-state index contributed by atoms with van der Waals surface area (Å²) < 4.78 is 9.06. The minimum atomic E-state index is -0.139. The fraction of sp³-hybridized carbons (Fsp3) is 0.185. The first-order chi connectivity index (χ1) is 16.9. The van der Waals surface area contributed by atoms with E-state index in [-0.39, 0.29) is 11.3 Å². The van der Waals surface area contributed by atoms with Crippen LogP contribution in [0.25, 0.3) is 22.4 Å². The number of aromatic nitrogens is 4. The summed E-state index contributed by atoms with van der Waals surface area (Å²) in [5, 5.41) is 10.1. The Balaban J connectivity index is 1.68. The SMILES string of the molecule is COc1ccc(C(C)=O)cc1CSc1nnc2n(-c3ccc(C)cc3C)c(=O)c3ccccc3n12. The molecule has 176 valence electrons. The molecule has 8 heteroatoms. The fourth-order valence-electron chi connectivity index (χ4n) is 4.30. The largest absolute Gasteiger partial charge is 0.496 e. The van der Waals surface area contributed by atoms with Crippen molar-refractivity contribution >= 4 is 34.2 Å². The van der Waals surface area contributed by atoms with Gasteiger partial charge in [-0.1, -0.05) is 41.6 Å². The second kappa shape index (κ2) is 9.03. The molecule has 2 heterocycles. The molecule has 0 amide bonds. The summed E-state index contributed by atoms with van der Waals surface area (Å²) >= 11 is 1.47. The molecule has 3 aromatic carbocycles. The molecule has 0 aliphatic carbocycles. The Morgan fingerprint density at radius 1 is 1.03 bits per heavy atom. The molecule has 0 bridgehead atoms. The number of thioether (sulfide) groups is 1. The Morgan fingerprint density at radius 2 is 1.83 bits per heavy atom. The highest BCUT2D eigenvalue weighted by Gasteiger charge is 2.19. The van der Waals surface area contributed by atoms with Gasteiger partial charge in [0.1, 0.15) is 5.75 Å². The number of hydrogen-bond acceptors (Lipinski definition) is 6. The third-order valence-corrected chi connectivity index (χ3v) is 7.01. The van der Waals surface area contributed by atoms with Crippen molar-refractivity contribution in [3.8, 4) is 11.4 Å². The first-order valence-electron chi connectivity index (χ1n) is 11.2. The highest BCUT2D eigenvalue weighted by molar-refractivity contribution is 7.98. The molecule has 0 atom stereocenters. The molecule has 0 aliphatic rings. The van der Waals surface area contributed by atoms with Gasteiger partial charge < -0.3 is 4.74 Å². The first-order valence-corrected chi connectivity index (χ1v) is 12.1. The van der Waals surface area contributed by atoms with Crippen molar-refractivity contribution in [2.75, 3.05) is 7.11 Å². The van der Waals surface area contributed by atoms with E-state index in [4.69, 9.17) is 4.74 Å². The fourth-order valence-corrected chi connectivity index (χ4v) is 5.22. The van der Waals surface area contributed by atoms with Crippen LogP contribution in [-0.2, 0) is 5.75 Å². The lowest BCUT2D eigenvalue weighted by Crippen LogP contribution is -2.22. The number of hydrogen-bond donors (Lipinski definition) is 0. The Morgan fingerprint density at radius 3 is 2.57 bits per heavy atom. The van der Waals surface area contributed by atoms with Gasteiger partial charge in [0.25, 0.3) is 5.56 Å². The van der Waals surface area contributed by atoms with Crippen molar-refractivity contribution in [1.82, 2.24) is 19.2 Å². The van der Waals surface area contributed by atoms with E-state index in [1.807, 2.05) is 72.8 Å².